The Morgan fingerprint density at radius 3 is 1.90 bits per heavy atom. The summed E-state index contributed by atoms with van der Waals surface area (Å²) in [5.41, 5.74) is -1.32. The molecule has 10 unspecified atom stereocenters. The number of carbonyl (C=O) groups excluding carboxylic acids is 1. The number of aliphatic hydroxyl groups excluding tert-OH is 8. The Bertz CT molecular complexity index is 1200. The van der Waals surface area contributed by atoms with Crippen LogP contribution in [0.1, 0.15) is 33.2 Å². The molecule has 2 aromatic rings. The van der Waals surface area contributed by atoms with E-state index in [1.54, 1.807) is 18.2 Å². The lowest BCUT2D eigenvalue weighted by atomic mass is 9.86. The highest BCUT2D eigenvalue weighted by Gasteiger charge is 2.49. The second-order valence-electron chi connectivity index (χ2n) is 9.70. The highest BCUT2D eigenvalue weighted by Crippen LogP contribution is 2.50. The molecule has 2 fully saturated rings. The minimum Gasteiger partial charge on any atom is -0.507 e. The van der Waals surface area contributed by atoms with Crippen LogP contribution in [-0.4, -0.2) is 125 Å². The standard InChI is InChI=1S/C26H32O14/c1-9-15(29)13(16(30)10-5-3-2-4-6-10)19(33)14(25-22(36)20(34)17(31)11(7-27)38-25)24(9)40-26-23(37)21(35)18(32)12(8-28)39-26/h2-6,11-12,17-18,20-23,25-29,31-37H,7-8H2,1H3. The third-order valence-electron chi connectivity index (χ3n) is 7.19. The first kappa shape index (κ1) is 30.1. The fourth-order valence-corrected chi connectivity index (χ4v) is 4.84. The minimum atomic E-state index is -1.97. The molecule has 2 heterocycles. The zero-order valence-electron chi connectivity index (χ0n) is 21.2. The van der Waals surface area contributed by atoms with E-state index in [0.29, 0.717) is 0 Å². The lowest BCUT2D eigenvalue weighted by Crippen LogP contribution is -2.60. The van der Waals surface area contributed by atoms with Crippen molar-refractivity contribution in [3.8, 4) is 17.2 Å². The largest absolute Gasteiger partial charge is 0.507 e. The van der Waals surface area contributed by atoms with Gasteiger partial charge in [-0.05, 0) is 6.92 Å². The summed E-state index contributed by atoms with van der Waals surface area (Å²) in [5.74, 6) is -3.09. The van der Waals surface area contributed by atoms with Crippen LogP contribution in [0.25, 0.3) is 0 Å². The Morgan fingerprint density at radius 1 is 0.775 bits per heavy atom. The number of phenolic OH excluding ortho intramolecular Hbond substituents is 2. The SMILES string of the molecule is Cc1c(O)c(C(=O)c2ccccc2)c(O)c(C2OC(CO)C(O)C(O)C2O)c1OC1OC(CO)C(O)C(O)C1O. The van der Waals surface area contributed by atoms with Gasteiger partial charge in [-0.2, -0.15) is 0 Å². The van der Waals surface area contributed by atoms with E-state index in [2.05, 4.69) is 0 Å². The summed E-state index contributed by atoms with van der Waals surface area (Å²) in [6.45, 7) is -0.355. The van der Waals surface area contributed by atoms with Gasteiger partial charge >= 0.3 is 0 Å². The summed E-state index contributed by atoms with van der Waals surface area (Å²) >= 11 is 0. The zero-order chi connectivity index (χ0) is 29.5. The van der Waals surface area contributed by atoms with Crippen molar-refractivity contribution in [3.05, 3.63) is 52.6 Å². The van der Waals surface area contributed by atoms with Crippen LogP contribution in [0.2, 0.25) is 0 Å². The summed E-state index contributed by atoms with van der Waals surface area (Å²) in [6.07, 6.45) is -17.6. The molecule has 0 radical (unpaired) electrons. The molecule has 0 spiro atoms. The minimum absolute atomic E-state index is 0.0647. The van der Waals surface area contributed by atoms with E-state index < -0.39 is 109 Å². The molecular weight excluding hydrogens is 536 g/mol. The van der Waals surface area contributed by atoms with Gasteiger partial charge in [0.1, 0.15) is 77.7 Å². The van der Waals surface area contributed by atoms with Gasteiger partial charge in [-0.1, -0.05) is 30.3 Å². The number of ether oxygens (including phenoxy) is 3. The van der Waals surface area contributed by atoms with E-state index in [9.17, 15) is 55.9 Å². The second-order valence-corrected chi connectivity index (χ2v) is 9.70. The number of hydrogen-bond acceptors (Lipinski definition) is 14. The number of phenols is 2. The van der Waals surface area contributed by atoms with Crippen LogP contribution in [0.4, 0.5) is 0 Å². The molecule has 2 aliphatic rings. The maximum Gasteiger partial charge on any atom is 0.229 e. The van der Waals surface area contributed by atoms with Crippen LogP contribution in [0.3, 0.4) is 0 Å². The Morgan fingerprint density at radius 2 is 1.32 bits per heavy atom. The topological polar surface area (TPSA) is 247 Å². The summed E-state index contributed by atoms with van der Waals surface area (Å²) in [7, 11) is 0. The molecule has 2 aromatic carbocycles. The molecule has 0 aromatic heterocycles. The molecule has 0 saturated carbocycles. The normalized spacial score (nSPS) is 34.4. The number of ketones is 1. The molecule has 10 atom stereocenters. The molecule has 4 rings (SSSR count). The first-order chi connectivity index (χ1) is 18.9. The number of benzene rings is 2. The van der Waals surface area contributed by atoms with E-state index in [1.807, 2.05) is 0 Å². The van der Waals surface area contributed by atoms with E-state index in [0.717, 1.165) is 0 Å². The average Bonchev–Trinajstić information content (AvgIpc) is 2.96. The predicted octanol–water partition coefficient (Wildman–Crippen LogP) is -2.67. The monoisotopic (exact) mass is 568 g/mol. The first-order valence-electron chi connectivity index (χ1n) is 12.4. The van der Waals surface area contributed by atoms with Crippen molar-refractivity contribution in [2.24, 2.45) is 0 Å². The molecule has 220 valence electrons. The Labute approximate surface area is 227 Å². The second kappa shape index (κ2) is 11.9. The van der Waals surface area contributed by atoms with Gasteiger partial charge in [-0.3, -0.25) is 4.79 Å². The molecule has 0 aliphatic carbocycles. The summed E-state index contributed by atoms with van der Waals surface area (Å²) in [4.78, 5) is 13.4. The summed E-state index contributed by atoms with van der Waals surface area (Å²) < 4.78 is 16.7. The van der Waals surface area contributed by atoms with Crippen LogP contribution in [-0.2, 0) is 9.47 Å². The number of carbonyl (C=O) groups is 1. The van der Waals surface area contributed by atoms with Crippen LogP contribution in [0.5, 0.6) is 17.2 Å². The number of hydrogen-bond donors (Lipinski definition) is 10. The van der Waals surface area contributed by atoms with Crippen molar-refractivity contribution in [2.45, 2.75) is 68.1 Å². The number of aromatic hydroxyl groups is 2. The molecule has 0 amide bonds. The van der Waals surface area contributed by atoms with Crippen LogP contribution in [0.15, 0.2) is 30.3 Å². The third-order valence-corrected chi connectivity index (χ3v) is 7.19. The van der Waals surface area contributed by atoms with Gasteiger partial charge in [-0.15, -0.1) is 0 Å². The van der Waals surface area contributed by atoms with Gasteiger partial charge < -0.3 is 65.3 Å². The molecule has 14 nitrogen and oxygen atoms in total. The smallest absolute Gasteiger partial charge is 0.229 e. The predicted molar refractivity (Wildman–Crippen MR) is 131 cm³/mol. The van der Waals surface area contributed by atoms with Gasteiger partial charge in [0.05, 0.1) is 18.8 Å². The number of aliphatic hydroxyl groups is 8. The highest BCUT2D eigenvalue weighted by molar-refractivity contribution is 6.13. The van der Waals surface area contributed by atoms with Gasteiger partial charge in [0.15, 0.2) is 0 Å². The summed E-state index contributed by atoms with van der Waals surface area (Å²) in [6, 6.07) is 7.57. The van der Waals surface area contributed by atoms with E-state index in [4.69, 9.17) is 14.2 Å². The van der Waals surface area contributed by atoms with Crippen LogP contribution < -0.4 is 4.74 Å². The lowest BCUT2D eigenvalue weighted by molar-refractivity contribution is -0.278. The lowest BCUT2D eigenvalue weighted by Gasteiger charge is -2.42. The molecule has 10 N–H and O–H groups in total. The Hall–Kier alpha value is -2.89. The van der Waals surface area contributed by atoms with E-state index in [-0.39, 0.29) is 11.1 Å². The van der Waals surface area contributed by atoms with Crippen molar-refractivity contribution >= 4 is 5.78 Å². The maximum absolute atomic E-state index is 13.4. The van der Waals surface area contributed by atoms with Crippen LogP contribution >= 0.6 is 0 Å². The van der Waals surface area contributed by atoms with Crippen LogP contribution in [0, 0.1) is 6.92 Å². The molecule has 2 saturated heterocycles. The third kappa shape index (κ3) is 5.14. The Kier molecular flexibility index (Phi) is 8.96. The van der Waals surface area contributed by atoms with Gasteiger partial charge in [0, 0.05) is 11.1 Å². The first-order valence-corrected chi connectivity index (χ1v) is 12.4. The molecule has 0 bridgehead atoms. The fraction of sp³-hybridized carbons (Fsp3) is 0.500. The van der Waals surface area contributed by atoms with E-state index in [1.165, 1.54) is 19.1 Å². The van der Waals surface area contributed by atoms with Crippen molar-refractivity contribution in [1.82, 2.24) is 0 Å². The molecular formula is C26H32O14. The molecule has 14 heteroatoms. The van der Waals surface area contributed by atoms with Crippen molar-refractivity contribution in [2.75, 3.05) is 13.2 Å². The zero-order valence-corrected chi connectivity index (χ0v) is 21.2. The highest BCUT2D eigenvalue weighted by atomic mass is 16.7. The van der Waals surface area contributed by atoms with Gasteiger partial charge in [0.25, 0.3) is 0 Å². The summed E-state index contributed by atoms with van der Waals surface area (Å²) in [5, 5.41) is 104. The van der Waals surface area contributed by atoms with Gasteiger partial charge in [-0.25, -0.2) is 0 Å². The fourth-order valence-electron chi connectivity index (χ4n) is 4.84. The quantitative estimate of drug-likeness (QED) is 0.153. The van der Waals surface area contributed by atoms with Crippen molar-refractivity contribution in [1.29, 1.82) is 0 Å². The molecule has 40 heavy (non-hydrogen) atoms. The number of rotatable bonds is 7. The van der Waals surface area contributed by atoms with Gasteiger partial charge in [0.2, 0.25) is 12.1 Å². The van der Waals surface area contributed by atoms with Crippen molar-refractivity contribution in [3.63, 3.8) is 0 Å². The van der Waals surface area contributed by atoms with E-state index >= 15 is 0 Å². The van der Waals surface area contributed by atoms with Crippen molar-refractivity contribution < 1.29 is 70.1 Å². The molecule has 2 aliphatic heterocycles. The maximum atomic E-state index is 13.4. The Balaban J connectivity index is 1.90. The average molecular weight is 569 g/mol.